The normalized spacial score (nSPS) is 13.5. The van der Waals surface area contributed by atoms with Crippen LogP contribution >= 0.6 is 11.6 Å². The van der Waals surface area contributed by atoms with Gasteiger partial charge in [-0.2, -0.15) is 0 Å². The molecule has 0 saturated carbocycles. The maximum absolute atomic E-state index is 12.9. The van der Waals surface area contributed by atoms with Crippen LogP contribution in [0.25, 0.3) is 0 Å². The molecule has 1 aromatic rings. The molecule has 0 saturated heterocycles. The molecule has 1 rings (SSSR count). The molecule has 0 heterocycles. The second kappa shape index (κ2) is 7.07. The van der Waals surface area contributed by atoms with Crippen molar-refractivity contribution in [3.05, 3.63) is 30.1 Å². The van der Waals surface area contributed by atoms with E-state index < -0.39 is 15.8 Å². The molecule has 1 N–H and O–H groups in total. The first-order chi connectivity index (χ1) is 8.45. The third-order valence-corrected chi connectivity index (χ3v) is 4.52. The molecule has 18 heavy (non-hydrogen) atoms. The summed E-state index contributed by atoms with van der Waals surface area (Å²) in [5.74, 6) is 0.371. The molecule has 0 aliphatic rings. The zero-order chi connectivity index (χ0) is 13.6. The van der Waals surface area contributed by atoms with E-state index in [1.54, 1.807) is 0 Å². The Morgan fingerprint density at radius 2 is 2.17 bits per heavy atom. The van der Waals surface area contributed by atoms with Crippen molar-refractivity contribution in [2.45, 2.75) is 24.7 Å². The molecule has 1 unspecified atom stereocenters. The molecule has 0 fully saturated rings. The molecule has 102 valence electrons. The van der Waals surface area contributed by atoms with Gasteiger partial charge < -0.3 is 0 Å². The summed E-state index contributed by atoms with van der Waals surface area (Å²) < 4.78 is 39.0. The number of rotatable bonds is 7. The Labute approximate surface area is 112 Å². The molecule has 0 aromatic heterocycles. The summed E-state index contributed by atoms with van der Waals surface area (Å²) in [6, 6.07) is 4.96. The first-order valence-electron chi connectivity index (χ1n) is 5.77. The topological polar surface area (TPSA) is 46.2 Å². The number of hydrogen-bond acceptors (Lipinski definition) is 2. The lowest BCUT2D eigenvalue weighted by Gasteiger charge is -2.09. The predicted molar refractivity (Wildman–Crippen MR) is 70.7 cm³/mol. The van der Waals surface area contributed by atoms with E-state index in [-0.39, 0.29) is 4.90 Å². The van der Waals surface area contributed by atoms with Gasteiger partial charge in [0.1, 0.15) is 5.82 Å². The van der Waals surface area contributed by atoms with E-state index in [0.717, 1.165) is 12.5 Å². The van der Waals surface area contributed by atoms with E-state index in [4.69, 9.17) is 11.6 Å². The summed E-state index contributed by atoms with van der Waals surface area (Å²) >= 11 is 5.65. The number of benzene rings is 1. The largest absolute Gasteiger partial charge is 0.240 e. The quantitative estimate of drug-likeness (QED) is 0.621. The Bertz CT molecular complexity index is 479. The fourth-order valence-electron chi connectivity index (χ4n) is 1.45. The van der Waals surface area contributed by atoms with Crippen molar-refractivity contribution in [3.8, 4) is 0 Å². The highest BCUT2D eigenvalue weighted by atomic mass is 35.5. The van der Waals surface area contributed by atoms with Crippen LogP contribution in [-0.4, -0.2) is 20.8 Å². The van der Waals surface area contributed by atoms with Gasteiger partial charge in [-0.1, -0.05) is 13.0 Å². The number of halogens is 2. The van der Waals surface area contributed by atoms with Crippen molar-refractivity contribution in [3.63, 3.8) is 0 Å². The lowest BCUT2D eigenvalue weighted by molar-refractivity contribution is 0.542. The van der Waals surface area contributed by atoms with Crippen molar-refractivity contribution < 1.29 is 12.8 Å². The fraction of sp³-hybridized carbons (Fsp3) is 0.500. The van der Waals surface area contributed by atoms with E-state index >= 15 is 0 Å². The van der Waals surface area contributed by atoms with Crippen LogP contribution in [0.15, 0.2) is 29.2 Å². The van der Waals surface area contributed by atoms with Gasteiger partial charge in [-0.3, -0.25) is 0 Å². The SMILES string of the molecule is CC(CCl)CCCNS(=O)(=O)c1cccc(F)c1. The van der Waals surface area contributed by atoms with Crippen LogP contribution in [0.4, 0.5) is 4.39 Å². The fourth-order valence-corrected chi connectivity index (χ4v) is 2.71. The number of hydrogen-bond donors (Lipinski definition) is 1. The Balaban J connectivity index is 2.51. The molecule has 6 heteroatoms. The van der Waals surface area contributed by atoms with Crippen molar-refractivity contribution >= 4 is 21.6 Å². The first-order valence-corrected chi connectivity index (χ1v) is 7.78. The highest BCUT2D eigenvalue weighted by molar-refractivity contribution is 7.89. The van der Waals surface area contributed by atoms with E-state index in [0.29, 0.717) is 24.8 Å². The maximum atomic E-state index is 12.9. The van der Waals surface area contributed by atoms with Gasteiger partial charge in [0.05, 0.1) is 4.90 Å². The molecule has 0 spiro atoms. The van der Waals surface area contributed by atoms with Gasteiger partial charge >= 0.3 is 0 Å². The smallest absolute Gasteiger partial charge is 0.211 e. The van der Waals surface area contributed by atoms with Crippen LogP contribution < -0.4 is 4.72 Å². The van der Waals surface area contributed by atoms with Crippen LogP contribution in [0, 0.1) is 11.7 Å². The molecule has 0 aliphatic heterocycles. The van der Waals surface area contributed by atoms with E-state index in [2.05, 4.69) is 4.72 Å². The zero-order valence-corrected chi connectivity index (χ0v) is 11.8. The zero-order valence-electron chi connectivity index (χ0n) is 10.2. The summed E-state index contributed by atoms with van der Waals surface area (Å²) in [6.45, 7) is 2.34. The van der Waals surface area contributed by atoms with Crippen molar-refractivity contribution in [1.29, 1.82) is 0 Å². The Kier molecular flexibility index (Phi) is 6.05. The van der Waals surface area contributed by atoms with Crippen molar-refractivity contribution in [2.75, 3.05) is 12.4 Å². The third-order valence-electron chi connectivity index (χ3n) is 2.54. The number of nitrogens with one attached hydrogen (secondary N) is 1. The highest BCUT2D eigenvalue weighted by Crippen LogP contribution is 2.11. The van der Waals surface area contributed by atoms with Crippen molar-refractivity contribution in [2.24, 2.45) is 5.92 Å². The van der Waals surface area contributed by atoms with Gasteiger partial charge in [0.15, 0.2) is 0 Å². The van der Waals surface area contributed by atoms with Gasteiger partial charge in [0.25, 0.3) is 0 Å². The van der Waals surface area contributed by atoms with Gasteiger partial charge in [-0.15, -0.1) is 11.6 Å². The van der Waals surface area contributed by atoms with Crippen LogP contribution in [0.3, 0.4) is 0 Å². The Morgan fingerprint density at radius 1 is 1.44 bits per heavy atom. The summed E-state index contributed by atoms with van der Waals surface area (Å²) in [7, 11) is -3.61. The minimum absolute atomic E-state index is 0.0482. The molecule has 0 amide bonds. The van der Waals surface area contributed by atoms with E-state index in [1.165, 1.54) is 18.2 Å². The van der Waals surface area contributed by atoms with Crippen LogP contribution in [0.1, 0.15) is 19.8 Å². The maximum Gasteiger partial charge on any atom is 0.240 e. The summed E-state index contributed by atoms with van der Waals surface area (Å²) in [6.07, 6.45) is 1.57. The van der Waals surface area contributed by atoms with E-state index in [1.807, 2.05) is 6.92 Å². The molecule has 3 nitrogen and oxygen atoms in total. The van der Waals surface area contributed by atoms with Crippen LogP contribution in [-0.2, 0) is 10.0 Å². The van der Waals surface area contributed by atoms with Crippen LogP contribution in [0.2, 0.25) is 0 Å². The monoisotopic (exact) mass is 293 g/mol. The van der Waals surface area contributed by atoms with Gasteiger partial charge in [-0.25, -0.2) is 17.5 Å². The predicted octanol–water partition coefficient (Wildman–Crippen LogP) is 2.76. The van der Waals surface area contributed by atoms with Crippen LogP contribution in [0.5, 0.6) is 0 Å². The second-order valence-corrected chi connectivity index (χ2v) is 6.33. The first kappa shape index (κ1) is 15.4. The molecule has 1 aromatic carbocycles. The Hall–Kier alpha value is -0.650. The molecule has 0 bridgehead atoms. The molecule has 1 atom stereocenters. The highest BCUT2D eigenvalue weighted by Gasteiger charge is 2.13. The second-order valence-electron chi connectivity index (χ2n) is 4.26. The Morgan fingerprint density at radius 3 is 2.78 bits per heavy atom. The van der Waals surface area contributed by atoms with Gasteiger partial charge in [0.2, 0.25) is 10.0 Å². The van der Waals surface area contributed by atoms with Gasteiger partial charge in [0, 0.05) is 12.4 Å². The summed E-state index contributed by atoms with van der Waals surface area (Å²) in [5, 5.41) is 0. The number of alkyl halides is 1. The summed E-state index contributed by atoms with van der Waals surface area (Å²) in [5.41, 5.74) is 0. The van der Waals surface area contributed by atoms with Gasteiger partial charge in [-0.05, 0) is 37.0 Å². The van der Waals surface area contributed by atoms with E-state index in [9.17, 15) is 12.8 Å². The average molecular weight is 294 g/mol. The molecule has 0 radical (unpaired) electrons. The minimum Gasteiger partial charge on any atom is -0.211 e. The molecular weight excluding hydrogens is 277 g/mol. The average Bonchev–Trinajstić information content (AvgIpc) is 2.34. The third kappa shape index (κ3) is 4.92. The summed E-state index contributed by atoms with van der Waals surface area (Å²) in [4.78, 5) is -0.0482. The molecular formula is C12H17ClFNO2S. The van der Waals surface area contributed by atoms with Crippen molar-refractivity contribution in [1.82, 2.24) is 4.72 Å². The number of sulfonamides is 1. The lowest BCUT2D eigenvalue weighted by atomic mass is 10.1. The lowest BCUT2D eigenvalue weighted by Crippen LogP contribution is -2.25. The standard InChI is InChI=1S/C12H17ClFNO2S/c1-10(9-13)4-3-7-15-18(16,17)12-6-2-5-11(14)8-12/h2,5-6,8,10,15H,3-4,7,9H2,1H3. The molecule has 0 aliphatic carbocycles. The minimum atomic E-state index is -3.61.